The highest BCUT2D eigenvalue weighted by atomic mass is 19.1. The van der Waals surface area contributed by atoms with Crippen molar-refractivity contribution in [2.75, 3.05) is 25.0 Å². The number of rotatable bonds is 2. The standard InChI is InChI=1S/C23H32FN7O/c1-14-7-8-17(24)20(25-14)26-19-16-12-31(22(3,4)18(16)27-28-19)21(32)30-13-23(5)9-6-10-29(23)11-15(30)2/h7-8,15H,6,9-13H2,1-5H3,(H2,25,26,27,28)/t15-,23?/m0/s1. The number of carbonyl (C=O) groups is 1. The number of carbonyl (C=O) groups excluding carboxylic acids is 1. The van der Waals surface area contributed by atoms with Crippen molar-refractivity contribution in [1.29, 1.82) is 0 Å². The number of fused-ring (bicyclic) bond motifs is 2. The van der Waals surface area contributed by atoms with Gasteiger partial charge < -0.3 is 15.1 Å². The number of piperazine rings is 1. The fraction of sp³-hybridized carbons (Fsp3) is 0.609. The van der Waals surface area contributed by atoms with Crippen molar-refractivity contribution in [3.8, 4) is 0 Å². The summed E-state index contributed by atoms with van der Waals surface area (Å²) in [6.07, 6.45) is 2.31. The lowest BCUT2D eigenvalue weighted by atomic mass is 9.94. The van der Waals surface area contributed by atoms with Gasteiger partial charge in [-0.25, -0.2) is 14.2 Å². The lowest BCUT2D eigenvalue weighted by molar-refractivity contribution is 0.00691. The lowest BCUT2D eigenvalue weighted by Crippen LogP contribution is -2.65. The number of amides is 2. The van der Waals surface area contributed by atoms with E-state index in [0.29, 0.717) is 18.1 Å². The zero-order valence-electron chi connectivity index (χ0n) is 19.5. The van der Waals surface area contributed by atoms with Crippen molar-refractivity contribution in [1.82, 2.24) is 29.9 Å². The summed E-state index contributed by atoms with van der Waals surface area (Å²) in [7, 11) is 0. The Hall–Kier alpha value is -2.68. The van der Waals surface area contributed by atoms with E-state index in [1.807, 2.05) is 30.6 Å². The van der Waals surface area contributed by atoms with Crippen LogP contribution in [-0.4, -0.2) is 67.1 Å². The quantitative estimate of drug-likeness (QED) is 0.742. The fourth-order valence-electron chi connectivity index (χ4n) is 5.59. The first-order valence-corrected chi connectivity index (χ1v) is 11.4. The van der Waals surface area contributed by atoms with E-state index in [9.17, 15) is 9.18 Å². The smallest absolute Gasteiger partial charge is 0.321 e. The molecule has 2 aromatic heterocycles. The molecule has 0 spiro atoms. The molecule has 0 saturated carbocycles. The van der Waals surface area contributed by atoms with Gasteiger partial charge >= 0.3 is 6.03 Å². The van der Waals surface area contributed by atoms with Gasteiger partial charge in [-0.2, -0.15) is 5.10 Å². The number of urea groups is 1. The van der Waals surface area contributed by atoms with E-state index in [2.05, 4.69) is 39.2 Å². The van der Waals surface area contributed by atoms with Gasteiger partial charge in [0.25, 0.3) is 0 Å². The molecule has 172 valence electrons. The number of aromatic nitrogens is 3. The SMILES string of the molecule is Cc1ccc(F)c(Nc2n[nH]c3c2CN(C(=O)N2CC4(C)CCCN4C[C@@H]2C)C3(C)C)n1. The highest BCUT2D eigenvalue weighted by Crippen LogP contribution is 2.43. The van der Waals surface area contributed by atoms with Crippen LogP contribution in [0.2, 0.25) is 0 Å². The summed E-state index contributed by atoms with van der Waals surface area (Å²) >= 11 is 0. The maximum absolute atomic E-state index is 14.3. The third-order valence-corrected chi connectivity index (χ3v) is 7.60. The Morgan fingerprint density at radius 3 is 2.84 bits per heavy atom. The van der Waals surface area contributed by atoms with Gasteiger partial charge in [0.1, 0.15) is 0 Å². The molecule has 2 aromatic rings. The third kappa shape index (κ3) is 3.17. The molecular weight excluding hydrogens is 409 g/mol. The molecule has 3 aliphatic rings. The van der Waals surface area contributed by atoms with E-state index >= 15 is 0 Å². The van der Waals surface area contributed by atoms with E-state index in [1.165, 1.54) is 12.5 Å². The van der Waals surface area contributed by atoms with Crippen LogP contribution in [0, 0.1) is 12.7 Å². The first-order chi connectivity index (χ1) is 15.1. The molecule has 0 aromatic carbocycles. The zero-order valence-corrected chi connectivity index (χ0v) is 19.5. The number of hydrogen-bond acceptors (Lipinski definition) is 5. The van der Waals surface area contributed by atoms with Crippen molar-refractivity contribution in [3.63, 3.8) is 0 Å². The summed E-state index contributed by atoms with van der Waals surface area (Å²) in [5.74, 6) is 0.218. The van der Waals surface area contributed by atoms with Crippen LogP contribution < -0.4 is 5.32 Å². The molecule has 0 bridgehead atoms. The monoisotopic (exact) mass is 441 g/mol. The Labute approximate surface area is 188 Å². The van der Waals surface area contributed by atoms with E-state index in [-0.39, 0.29) is 23.4 Å². The molecule has 2 saturated heterocycles. The molecule has 2 amide bonds. The average Bonchev–Trinajstić information content (AvgIpc) is 3.38. The van der Waals surface area contributed by atoms with Crippen LogP contribution in [-0.2, 0) is 12.1 Å². The number of hydrogen-bond donors (Lipinski definition) is 2. The number of anilines is 2. The molecule has 0 radical (unpaired) electrons. The second-order valence-corrected chi connectivity index (χ2v) is 10.3. The molecule has 2 N–H and O–H groups in total. The van der Waals surface area contributed by atoms with Crippen LogP contribution in [0.1, 0.15) is 57.5 Å². The van der Waals surface area contributed by atoms with E-state index in [4.69, 9.17) is 0 Å². The Bertz CT molecular complexity index is 1070. The Balaban J connectivity index is 1.40. The number of H-pyrrole nitrogens is 1. The minimum atomic E-state index is -0.550. The number of nitrogens with one attached hydrogen (secondary N) is 2. The van der Waals surface area contributed by atoms with E-state index in [1.54, 1.807) is 6.07 Å². The van der Waals surface area contributed by atoms with Crippen molar-refractivity contribution in [2.45, 2.75) is 71.1 Å². The van der Waals surface area contributed by atoms with Crippen molar-refractivity contribution in [3.05, 3.63) is 34.9 Å². The number of halogens is 1. The molecule has 8 nitrogen and oxygen atoms in total. The molecule has 5 heterocycles. The van der Waals surface area contributed by atoms with Gasteiger partial charge in [0.05, 0.1) is 17.8 Å². The molecule has 1 unspecified atom stereocenters. The van der Waals surface area contributed by atoms with Gasteiger partial charge in [0.2, 0.25) is 0 Å². The van der Waals surface area contributed by atoms with Crippen molar-refractivity contribution >= 4 is 17.7 Å². The minimum absolute atomic E-state index is 0.0469. The van der Waals surface area contributed by atoms with Gasteiger partial charge in [-0.05, 0) is 66.1 Å². The van der Waals surface area contributed by atoms with Gasteiger partial charge in [-0.15, -0.1) is 0 Å². The van der Waals surface area contributed by atoms with Crippen LogP contribution in [0.15, 0.2) is 12.1 Å². The molecule has 2 fully saturated rings. The molecule has 3 aliphatic heterocycles. The molecule has 32 heavy (non-hydrogen) atoms. The van der Waals surface area contributed by atoms with Crippen molar-refractivity contribution in [2.24, 2.45) is 0 Å². The van der Waals surface area contributed by atoms with Crippen LogP contribution in [0.5, 0.6) is 0 Å². The predicted octanol–water partition coefficient (Wildman–Crippen LogP) is 3.73. The number of aryl methyl sites for hydroxylation is 1. The van der Waals surface area contributed by atoms with Gasteiger partial charge in [0, 0.05) is 35.9 Å². The molecule has 9 heteroatoms. The normalized spacial score (nSPS) is 26.9. The Morgan fingerprint density at radius 1 is 1.28 bits per heavy atom. The van der Waals surface area contributed by atoms with Crippen LogP contribution in [0.4, 0.5) is 20.8 Å². The number of pyridine rings is 1. The number of nitrogens with zero attached hydrogens (tertiary/aromatic N) is 5. The molecule has 0 aliphatic carbocycles. The molecular formula is C23H32FN7O. The van der Waals surface area contributed by atoms with Crippen molar-refractivity contribution < 1.29 is 9.18 Å². The summed E-state index contributed by atoms with van der Waals surface area (Å²) in [4.78, 5) is 24.5. The predicted molar refractivity (Wildman–Crippen MR) is 120 cm³/mol. The summed E-state index contributed by atoms with van der Waals surface area (Å²) < 4.78 is 14.3. The summed E-state index contributed by atoms with van der Waals surface area (Å²) in [6, 6.07) is 3.22. The van der Waals surface area contributed by atoms with Gasteiger partial charge in [-0.3, -0.25) is 10.00 Å². The zero-order chi connectivity index (χ0) is 22.8. The maximum Gasteiger partial charge on any atom is 0.321 e. The van der Waals surface area contributed by atoms with Crippen LogP contribution >= 0.6 is 0 Å². The Morgan fingerprint density at radius 2 is 2.06 bits per heavy atom. The molecule has 5 rings (SSSR count). The summed E-state index contributed by atoms with van der Waals surface area (Å²) in [5, 5.41) is 10.5. The summed E-state index contributed by atoms with van der Waals surface area (Å²) in [5.41, 5.74) is 1.98. The molecule has 2 atom stereocenters. The largest absolute Gasteiger partial charge is 0.321 e. The van der Waals surface area contributed by atoms with Crippen LogP contribution in [0.25, 0.3) is 0 Å². The van der Waals surface area contributed by atoms with Gasteiger partial charge in [-0.1, -0.05) is 0 Å². The second kappa shape index (κ2) is 7.16. The highest BCUT2D eigenvalue weighted by molar-refractivity contribution is 5.78. The summed E-state index contributed by atoms with van der Waals surface area (Å²) in [6.45, 7) is 13.5. The van der Waals surface area contributed by atoms with Crippen LogP contribution in [0.3, 0.4) is 0 Å². The first-order valence-electron chi connectivity index (χ1n) is 11.4. The van der Waals surface area contributed by atoms with E-state index < -0.39 is 11.4 Å². The fourth-order valence-corrected chi connectivity index (χ4v) is 5.59. The first kappa shape index (κ1) is 21.2. The average molecular weight is 442 g/mol. The number of aromatic amines is 1. The lowest BCUT2D eigenvalue weighted by Gasteiger charge is -2.50. The topological polar surface area (TPSA) is 80.4 Å². The van der Waals surface area contributed by atoms with E-state index in [0.717, 1.165) is 37.3 Å². The minimum Gasteiger partial charge on any atom is -0.321 e. The maximum atomic E-state index is 14.3. The third-order valence-electron chi connectivity index (χ3n) is 7.60. The second-order valence-electron chi connectivity index (χ2n) is 10.3. The Kier molecular flexibility index (Phi) is 4.74. The highest BCUT2D eigenvalue weighted by Gasteiger charge is 2.50. The van der Waals surface area contributed by atoms with Gasteiger partial charge in [0.15, 0.2) is 17.5 Å².